The van der Waals surface area contributed by atoms with E-state index in [2.05, 4.69) is 0 Å². The minimum atomic E-state index is -0.426. The quantitative estimate of drug-likeness (QED) is 0.335. The van der Waals surface area contributed by atoms with Crippen molar-refractivity contribution in [2.45, 2.75) is 20.8 Å². The first-order valence-corrected chi connectivity index (χ1v) is 3.69. The maximum atomic E-state index is 9.44. The van der Waals surface area contributed by atoms with E-state index in [1.54, 1.807) is 0 Å². The molecule has 0 unspecified atom stereocenters. The Morgan fingerprint density at radius 3 is 0.647 bits per heavy atom. The molecule has 0 aromatic rings. The second kappa shape index (κ2) is 24.5. The van der Waals surface area contributed by atoms with Crippen molar-refractivity contribution in [1.29, 1.82) is 0 Å². The van der Waals surface area contributed by atoms with Gasteiger partial charge in [-0.25, -0.2) is 0 Å². The second-order valence-corrected chi connectivity index (χ2v) is 2.19. The number of hydrogen-bond donors (Lipinski definition) is 0. The van der Waals surface area contributed by atoms with Crippen LogP contribution in [0, 0.1) is 0 Å². The van der Waals surface area contributed by atoms with Crippen LogP contribution in [-0.2, 0) is 69.6 Å². The zero-order valence-electron chi connectivity index (χ0n) is 9.31. The number of carbonyl (C=O) groups is 6. The molecule has 0 saturated heterocycles. The van der Waals surface area contributed by atoms with E-state index in [4.69, 9.17) is 14.4 Å². The summed E-state index contributed by atoms with van der Waals surface area (Å²) in [6.07, 6.45) is 0.833. The van der Waals surface area contributed by atoms with Gasteiger partial charge in [-0.2, -0.15) is 0 Å². The van der Waals surface area contributed by atoms with Crippen molar-refractivity contribution in [3.8, 4) is 0 Å². The molecule has 0 aromatic heterocycles. The number of carbonyl (C=O) groups excluding carboxylic acids is 6. The molecular formula is C9H12O6Pd2. The number of ketones is 3. The van der Waals surface area contributed by atoms with Crippen molar-refractivity contribution < 1.29 is 69.6 Å². The van der Waals surface area contributed by atoms with E-state index in [1.807, 2.05) is 0 Å². The summed E-state index contributed by atoms with van der Waals surface area (Å²) in [5.74, 6) is -1.28. The Hall–Kier alpha value is -0.655. The predicted molar refractivity (Wildman–Crippen MR) is 50.2 cm³/mol. The van der Waals surface area contributed by atoms with Crippen molar-refractivity contribution in [1.82, 2.24) is 0 Å². The maximum Gasteiger partial charge on any atom is 0.192 e. The third kappa shape index (κ3) is 95.7. The average Bonchev–Trinajstić information content (AvgIpc) is 2.19. The Balaban J connectivity index is -0.0000000400. The zero-order valence-corrected chi connectivity index (χ0v) is 12.4. The van der Waals surface area contributed by atoms with Gasteiger partial charge in [0.1, 0.15) is 0 Å². The van der Waals surface area contributed by atoms with E-state index >= 15 is 0 Å². The molecule has 0 amide bonds. The van der Waals surface area contributed by atoms with Crippen LogP contribution in [0.2, 0.25) is 0 Å². The predicted octanol–water partition coefficient (Wildman–Crippen LogP) is -0.682. The summed E-state index contributed by atoms with van der Waals surface area (Å²) in [5, 5.41) is 0. The fraction of sp³-hybridized carbons (Fsp3) is 0.333. The van der Waals surface area contributed by atoms with Gasteiger partial charge in [0.25, 0.3) is 0 Å². The molecule has 0 radical (unpaired) electrons. The fourth-order valence-corrected chi connectivity index (χ4v) is 0. The summed E-state index contributed by atoms with van der Waals surface area (Å²) in [5.41, 5.74) is 0. The van der Waals surface area contributed by atoms with E-state index in [0.29, 0.717) is 0 Å². The normalized spacial score (nSPS) is 5.82. The number of Topliss-reactive ketones (excluding diaryl/α,β-unsaturated/α-hetero) is 3. The van der Waals surface area contributed by atoms with Gasteiger partial charge in [-0.15, -0.1) is 0 Å². The third-order valence-corrected chi connectivity index (χ3v) is 0.498. The van der Waals surface area contributed by atoms with Crippen LogP contribution >= 0.6 is 0 Å². The number of rotatable bonds is 3. The number of aldehydes is 3. The molecule has 17 heavy (non-hydrogen) atoms. The van der Waals surface area contributed by atoms with E-state index in [9.17, 15) is 14.4 Å². The molecule has 0 bridgehead atoms. The van der Waals surface area contributed by atoms with Crippen molar-refractivity contribution in [3.63, 3.8) is 0 Å². The van der Waals surface area contributed by atoms with E-state index < -0.39 is 17.3 Å². The van der Waals surface area contributed by atoms with Gasteiger partial charge in [0.2, 0.25) is 0 Å². The van der Waals surface area contributed by atoms with Crippen LogP contribution < -0.4 is 0 Å². The minimum absolute atomic E-state index is 0. The standard InChI is InChI=1S/3C3H4O2.2Pd/c3*1-3(5)2-4;;/h3*2H,1H3;;. The molecule has 0 aliphatic heterocycles. The summed E-state index contributed by atoms with van der Waals surface area (Å²) >= 11 is 0. The van der Waals surface area contributed by atoms with Gasteiger partial charge < -0.3 is 0 Å². The second-order valence-electron chi connectivity index (χ2n) is 2.19. The topological polar surface area (TPSA) is 102 Å². The van der Waals surface area contributed by atoms with Crippen LogP contribution in [-0.4, -0.2) is 36.2 Å². The minimum Gasteiger partial charge on any atom is -0.295 e. The molecule has 104 valence electrons. The van der Waals surface area contributed by atoms with E-state index in [-0.39, 0.29) is 59.7 Å². The van der Waals surface area contributed by atoms with Crippen molar-refractivity contribution in [2.75, 3.05) is 0 Å². The Labute approximate surface area is 126 Å². The van der Waals surface area contributed by atoms with Gasteiger partial charge in [0.15, 0.2) is 36.2 Å². The number of hydrogen-bond acceptors (Lipinski definition) is 6. The molecule has 0 heterocycles. The SMILES string of the molecule is CC(=O)C=O.CC(=O)C=O.CC(=O)C=O.[Pd].[Pd]. The summed E-state index contributed by atoms with van der Waals surface area (Å²) in [7, 11) is 0. The van der Waals surface area contributed by atoms with Gasteiger partial charge in [-0.05, 0) is 0 Å². The van der Waals surface area contributed by atoms with Crippen molar-refractivity contribution in [3.05, 3.63) is 0 Å². The van der Waals surface area contributed by atoms with E-state index in [1.165, 1.54) is 20.8 Å². The molecule has 0 aromatic carbocycles. The van der Waals surface area contributed by atoms with Gasteiger partial charge in [-0.1, -0.05) is 0 Å². The van der Waals surface area contributed by atoms with Crippen LogP contribution in [0.25, 0.3) is 0 Å². The molecule has 0 fully saturated rings. The first kappa shape index (κ1) is 29.9. The van der Waals surface area contributed by atoms with Crippen LogP contribution in [0.3, 0.4) is 0 Å². The molecule has 0 saturated carbocycles. The maximum absolute atomic E-state index is 9.44. The smallest absolute Gasteiger partial charge is 0.192 e. The van der Waals surface area contributed by atoms with Gasteiger partial charge in [0.05, 0.1) is 0 Å². The molecule has 0 aliphatic rings. The first-order chi connectivity index (χ1) is 6.81. The Morgan fingerprint density at radius 1 is 0.588 bits per heavy atom. The summed E-state index contributed by atoms with van der Waals surface area (Å²) in [4.78, 5) is 55.8. The van der Waals surface area contributed by atoms with Crippen molar-refractivity contribution >= 4 is 36.2 Å². The molecule has 0 spiro atoms. The molecule has 0 N–H and O–H groups in total. The molecule has 8 heteroatoms. The van der Waals surface area contributed by atoms with Crippen LogP contribution in [0.5, 0.6) is 0 Å². The van der Waals surface area contributed by atoms with Gasteiger partial charge >= 0.3 is 0 Å². The van der Waals surface area contributed by atoms with Gasteiger partial charge in [-0.3, -0.25) is 28.8 Å². The molecule has 0 aliphatic carbocycles. The summed E-state index contributed by atoms with van der Waals surface area (Å²) in [6, 6.07) is 0. The molecular weight excluding hydrogens is 417 g/mol. The van der Waals surface area contributed by atoms with Crippen LogP contribution in [0.4, 0.5) is 0 Å². The molecule has 0 atom stereocenters. The van der Waals surface area contributed by atoms with Crippen molar-refractivity contribution in [2.24, 2.45) is 0 Å². The summed E-state index contributed by atoms with van der Waals surface area (Å²) < 4.78 is 0. The fourth-order valence-electron chi connectivity index (χ4n) is 0. The Bertz CT molecular complexity index is 219. The van der Waals surface area contributed by atoms with Gasteiger partial charge in [0, 0.05) is 61.6 Å². The summed E-state index contributed by atoms with van der Waals surface area (Å²) in [6.45, 7) is 3.65. The molecule has 0 rings (SSSR count). The Morgan fingerprint density at radius 2 is 0.647 bits per heavy atom. The first-order valence-electron chi connectivity index (χ1n) is 3.69. The molecule has 6 nitrogen and oxygen atoms in total. The largest absolute Gasteiger partial charge is 0.295 e. The van der Waals surface area contributed by atoms with E-state index in [0.717, 1.165) is 0 Å². The monoisotopic (exact) mass is 428 g/mol. The zero-order chi connectivity index (χ0) is 12.9. The van der Waals surface area contributed by atoms with Crippen LogP contribution in [0.1, 0.15) is 20.8 Å². The third-order valence-electron chi connectivity index (χ3n) is 0.498. The average molecular weight is 429 g/mol. The van der Waals surface area contributed by atoms with Crippen LogP contribution in [0.15, 0.2) is 0 Å². The Kier molecular flexibility index (Phi) is 43.2.